The standard InChI is InChI=1S/C19H23N3O2S/c1-13(2)17(22-19(24)21-14-8-5-4-6-9-14)18(23)20-15-10-7-11-16(12-15)25-3/h4-13,17H,1-3H3,(H,20,23)(H2,21,22,24)/t17-/m1/s1. The second-order valence-electron chi connectivity index (χ2n) is 5.91. The number of hydrogen-bond donors (Lipinski definition) is 3. The number of carbonyl (C=O) groups is 2. The van der Waals surface area contributed by atoms with Gasteiger partial charge in [0.05, 0.1) is 0 Å². The smallest absolute Gasteiger partial charge is 0.319 e. The molecule has 5 nitrogen and oxygen atoms in total. The largest absolute Gasteiger partial charge is 0.326 e. The highest BCUT2D eigenvalue weighted by Gasteiger charge is 2.24. The molecule has 0 heterocycles. The molecule has 0 radical (unpaired) electrons. The number of carbonyl (C=O) groups excluding carboxylic acids is 2. The van der Waals surface area contributed by atoms with Crippen LogP contribution in [-0.2, 0) is 4.79 Å². The number of urea groups is 1. The van der Waals surface area contributed by atoms with Crippen LogP contribution in [0.5, 0.6) is 0 Å². The molecule has 0 spiro atoms. The maximum Gasteiger partial charge on any atom is 0.319 e. The minimum atomic E-state index is -0.637. The summed E-state index contributed by atoms with van der Waals surface area (Å²) in [6.07, 6.45) is 1.98. The molecule has 0 aliphatic heterocycles. The van der Waals surface area contributed by atoms with Crippen LogP contribution in [0, 0.1) is 5.92 Å². The second kappa shape index (κ2) is 9.13. The number of amides is 3. The Bertz CT molecular complexity index is 720. The van der Waals surface area contributed by atoms with Crippen LogP contribution in [0.1, 0.15) is 13.8 Å². The van der Waals surface area contributed by atoms with Crippen LogP contribution in [0.4, 0.5) is 16.2 Å². The molecular formula is C19H23N3O2S. The van der Waals surface area contributed by atoms with Crippen molar-refractivity contribution >= 4 is 35.1 Å². The van der Waals surface area contributed by atoms with Gasteiger partial charge in [0.25, 0.3) is 0 Å². The van der Waals surface area contributed by atoms with Crippen LogP contribution < -0.4 is 16.0 Å². The van der Waals surface area contributed by atoms with Gasteiger partial charge in [-0.2, -0.15) is 0 Å². The lowest BCUT2D eigenvalue weighted by Gasteiger charge is -2.22. The summed E-state index contributed by atoms with van der Waals surface area (Å²) >= 11 is 1.61. The van der Waals surface area contributed by atoms with Crippen molar-refractivity contribution in [3.63, 3.8) is 0 Å². The van der Waals surface area contributed by atoms with Gasteiger partial charge in [-0.1, -0.05) is 38.1 Å². The number of rotatable bonds is 6. The highest BCUT2D eigenvalue weighted by atomic mass is 32.2. The topological polar surface area (TPSA) is 70.2 Å². The molecule has 25 heavy (non-hydrogen) atoms. The maximum atomic E-state index is 12.6. The lowest BCUT2D eigenvalue weighted by atomic mass is 10.0. The number of hydrogen-bond acceptors (Lipinski definition) is 3. The van der Waals surface area contributed by atoms with Gasteiger partial charge in [0, 0.05) is 16.3 Å². The highest BCUT2D eigenvalue weighted by molar-refractivity contribution is 7.98. The first-order chi connectivity index (χ1) is 12.0. The fourth-order valence-corrected chi connectivity index (χ4v) is 2.75. The van der Waals surface area contributed by atoms with Gasteiger partial charge >= 0.3 is 6.03 Å². The first-order valence-electron chi connectivity index (χ1n) is 8.07. The number of anilines is 2. The first kappa shape index (κ1) is 18.9. The molecule has 0 saturated carbocycles. The molecule has 3 N–H and O–H groups in total. The zero-order valence-electron chi connectivity index (χ0n) is 14.6. The number of benzene rings is 2. The first-order valence-corrected chi connectivity index (χ1v) is 9.29. The number of thioether (sulfide) groups is 1. The number of para-hydroxylation sites is 1. The van der Waals surface area contributed by atoms with Crippen LogP contribution in [0.2, 0.25) is 0 Å². The molecule has 3 amide bonds. The van der Waals surface area contributed by atoms with E-state index in [-0.39, 0.29) is 11.8 Å². The minimum absolute atomic E-state index is 0.0507. The molecule has 2 rings (SSSR count). The van der Waals surface area contributed by atoms with E-state index in [0.717, 1.165) is 4.90 Å². The van der Waals surface area contributed by atoms with E-state index in [2.05, 4.69) is 16.0 Å². The summed E-state index contributed by atoms with van der Waals surface area (Å²) in [5.41, 5.74) is 1.39. The molecule has 0 aliphatic carbocycles. The van der Waals surface area contributed by atoms with Crippen molar-refractivity contribution < 1.29 is 9.59 Å². The summed E-state index contributed by atoms with van der Waals surface area (Å²) < 4.78 is 0. The third-order valence-corrected chi connectivity index (χ3v) is 4.33. The normalized spacial score (nSPS) is 11.7. The van der Waals surface area contributed by atoms with Crippen molar-refractivity contribution in [3.8, 4) is 0 Å². The SMILES string of the molecule is CSc1cccc(NC(=O)[C@H](NC(=O)Nc2ccccc2)C(C)C)c1. The molecule has 1 atom stereocenters. The predicted octanol–water partition coefficient (Wildman–Crippen LogP) is 4.19. The molecule has 0 saturated heterocycles. The van der Waals surface area contributed by atoms with Crippen molar-refractivity contribution in [2.45, 2.75) is 24.8 Å². The molecule has 2 aromatic rings. The van der Waals surface area contributed by atoms with Gasteiger partial charge in [-0.25, -0.2) is 4.79 Å². The van der Waals surface area contributed by atoms with E-state index in [0.29, 0.717) is 11.4 Å². The molecule has 6 heteroatoms. The van der Waals surface area contributed by atoms with E-state index in [4.69, 9.17) is 0 Å². The van der Waals surface area contributed by atoms with Gasteiger partial charge in [0.1, 0.15) is 6.04 Å². The van der Waals surface area contributed by atoms with E-state index < -0.39 is 12.1 Å². The van der Waals surface area contributed by atoms with E-state index in [1.807, 2.05) is 62.6 Å². The summed E-state index contributed by atoms with van der Waals surface area (Å²) in [7, 11) is 0. The minimum Gasteiger partial charge on any atom is -0.326 e. The summed E-state index contributed by atoms with van der Waals surface area (Å²) in [6, 6.07) is 15.7. The van der Waals surface area contributed by atoms with Gasteiger partial charge in [-0.05, 0) is 42.5 Å². The van der Waals surface area contributed by atoms with E-state index >= 15 is 0 Å². The Morgan fingerprint density at radius 1 is 0.920 bits per heavy atom. The van der Waals surface area contributed by atoms with Crippen LogP contribution in [0.25, 0.3) is 0 Å². The molecule has 0 aliphatic rings. The predicted molar refractivity (Wildman–Crippen MR) is 104 cm³/mol. The molecule has 2 aromatic carbocycles. The van der Waals surface area contributed by atoms with Gasteiger partial charge in [0.15, 0.2) is 0 Å². The van der Waals surface area contributed by atoms with Crippen molar-refractivity contribution in [1.29, 1.82) is 0 Å². The van der Waals surface area contributed by atoms with Crippen molar-refractivity contribution in [3.05, 3.63) is 54.6 Å². The average molecular weight is 357 g/mol. The van der Waals surface area contributed by atoms with Gasteiger partial charge in [-0.3, -0.25) is 4.79 Å². The molecule has 0 bridgehead atoms. The lowest BCUT2D eigenvalue weighted by molar-refractivity contribution is -0.118. The summed E-state index contributed by atoms with van der Waals surface area (Å²) in [5, 5.41) is 8.35. The Kier molecular flexibility index (Phi) is 6.89. The highest BCUT2D eigenvalue weighted by Crippen LogP contribution is 2.19. The van der Waals surface area contributed by atoms with Crippen LogP contribution in [0.3, 0.4) is 0 Å². The Morgan fingerprint density at radius 2 is 1.60 bits per heavy atom. The Balaban J connectivity index is 2.01. The third kappa shape index (κ3) is 5.83. The van der Waals surface area contributed by atoms with Gasteiger partial charge in [0.2, 0.25) is 5.91 Å². The second-order valence-corrected chi connectivity index (χ2v) is 6.79. The van der Waals surface area contributed by atoms with E-state index in [9.17, 15) is 9.59 Å². The van der Waals surface area contributed by atoms with Gasteiger partial charge in [-0.15, -0.1) is 11.8 Å². The maximum absolute atomic E-state index is 12.6. The summed E-state index contributed by atoms with van der Waals surface area (Å²) in [4.78, 5) is 25.8. The zero-order valence-corrected chi connectivity index (χ0v) is 15.4. The average Bonchev–Trinajstić information content (AvgIpc) is 2.60. The van der Waals surface area contributed by atoms with Crippen molar-refractivity contribution in [1.82, 2.24) is 5.32 Å². The fraction of sp³-hybridized carbons (Fsp3) is 0.263. The molecular weight excluding hydrogens is 334 g/mol. The summed E-state index contributed by atoms with van der Waals surface area (Å²) in [6.45, 7) is 3.79. The van der Waals surface area contributed by atoms with Gasteiger partial charge < -0.3 is 16.0 Å². The lowest BCUT2D eigenvalue weighted by Crippen LogP contribution is -2.48. The fourth-order valence-electron chi connectivity index (χ4n) is 2.29. The quantitative estimate of drug-likeness (QED) is 0.679. The molecule has 132 valence electrons. The van der Waals surface area contributed by atoms with E-state index in [1.165, 1.54) is 0 Å². The monoisotopic (exact) mass is 357 g/mol. The third-order valence-electron chi connectivity index (χ3n) is 3.60. The van der Waals surface area contributed by atoms with Crippen LogP contribution >= 0.6 is 11.8 Å². The van der Waals surface area contributed by atoms with Crippen LogP contribution in [-0.4, -0.2) is 24.2 Å². The van der Waals surface area contributed by atoms with Crippen molar-refractivity contribution in [2.24, 2.45) is 5.92 Å². The number of nitrogens with one attached hydrogen (secondary N) is 3. The van der Waals surface area contributed by atoms with E-state index in [1.54, 1.807) is 23.9 Å². The molecule has 0 unspecified atom stereocenters. The summed E-state index contributed by atoms with van der Waals surface area (Å²) in [5.74, 6) is -0.290. The Hall–Kier alpha value is -2.47. The molecule has 0 aromatic heterocycles. The Morgan fingerprint density at radius 3 is 2.24 bits per heavy atom. The van der Waals surface area contributed by atoms with Crippen molar-refractivity contribution in [2.75, 3.05) is 16.9 Å². The van der Waals surface area contributed by atoms with Crippen LogP contribution in [0.15, 0.2) is 59.5 Å². The Labute approximate surface area is 152 Å². The zero-order chi connectivity index (χ0) is 18.2. The molecule has 0 fully saturated rings.